The normalized spacial score (nSPS) is 10.8. The molecule has 0 saturated heterocycles. The monoisotopic (exact) mass is 249 g/mol. The van der Waals surface area contributed by atoms with Gasteiger partial charge in [-0.25, -0.2) is 4.98 Å². The van der Waals surface area contributed by atoms with Crippen LogP contribution in [0.2, 0.25) is 0 Å². The van der Waals surface area contributed by atoms with E-state index in [0.717, 1.165) is 21.2 Å². The van der Waals surface area contributed by atoms with Crippen LogP contribution in [0.25, 0.3) is 10.6 Å². The van der Waals surface area contributed by atoms with Crippen molar-refractivity contribution in [2.24, 2.45) is 0 Å². The minimum absolute atomic E-state index is 0.0478. The Balaban J connectivity index is 2.17. The van der Waals surface area contributed by atoms with E-state index in [9.17, 15) is 0 Å². The summed E-state index contributed by atoms with van der Waals surface area (Å²) in [4.78, 5) is 5.14. The van der Waals surface area contributed by atoms with Crippen LogP contribution in [0.1, 0.15) is 18.7 Å². The van der Waals surface area contributed by atoms with Gasteiger partial charge < -0.3 is 9.84 Å². The van der Waals surface area contributed by atoms with Crippen molar-refractivity contribution in [3.63, 3.8) is 0 Å². The van der Waals surface area contributed by atoms with Crippen molar-refractivity contribution in [2.75, 3.05) is 0 Å². The van der Waals surface area contributed by atoms with Gasteiger partial charge in [0.15, 0.2) is 0 Å². The Hall–Kier alpha value is -1.39. The minimum Gasteiger partial charge on any atom is -0.491 e. The number of aliphatic hydroxyl groups excluding tert-OH is 1. The SMILES string of the molecule is CC(C)Oc1ccc(-c2ncc(CO)s2)cc1. The summed E-state index contributed by atoms with van der Waals surface area (Å²) in [5, 5.41) is 9.91. The van der Waals surface area contributed by atoms with Gasteiger partial charge in [-0.3, -0.25) is 0 Å². The van der Waals surface area contributed by atoms with Crippen LogP contribution in [0.15, 0.2) is 30.5 Å². The molecule has 0 unspecified atom stereocenters. The zero-order valence-corrected chi connectivity index (χ0v) is 10.7. The zero-order chi connectivity index (χ0) is 12.3. The van der Waals surface area contributed by atoms with Crippen molar-refractivity contribution in [2.45, 2.75) is 26.6 Å². The Morgan fingerprint density at radius 3 is 2.53 bits per heavy atom. The number of ether oxygens (including phenoxy) is 1. The Morgan fingerprint density at radius 2 is 2.00 bits per heavy atom. The summed E-state index contributed by atoms with van der Waals surface area (Å²) in [6, 6.07) is 7.85. The molecular formula is C13H15NO2S. The first kappa shape index (κ1) is 12.1. The maximum absolute atomic E-state index is 8.99. The van der Waals surface area contributed by atoms with Crippen LogP contribution in [0.4, 0.5) is 0 Å². The molecule has 1 aromatic carbocycles. The van der Waals surface area contributed by atoms with Gasteiger partial charge in [0.25, 0.3) is 0 Å². The lowest BCUT2D eigenvalue weighted by Crippen LogP contribution is -2.05. The van der Waals surface area contributed by atoms with E-state index >= 15 is 0 Å². The molecule has 1 N–H and O–H groups in total. The van der Waals surface area contributed by atoms with E-state index in [1.165, 1.54) is 11.3 Å². The second-order valence-corrected chi connectivity index (χ2v) is 5.10. The highest BCUT2D eigenvalue weighted by Crippen LogP contribution is 2.27. The summed E-state index contributed by atoms with van der Waals surface area (Å²) < 4.78 is 5.57. The number of aromatic nitrogens is 1. The van der Waals surface area contributed by atoms with E-state index in [1.54, 1.807) is 6.20 Å². The molecule has 0 bridgehead atoms. The van der Waals surface area contributed by atoms with Crippen LogP contribution in [0.5, 0.6) is 5.75 Å². The molecule has 0 saturated carbocycles. The zero-order valence-electron chi connectivity index (χ0n) is 9.88. The summed E-state index contributed by atoms with van der Waals surface area (Å²) in [6.07, 6.45) is 1.89. The van der Waals surface area contributed by atoms with Gasteiger partial charge in [-0.1, -0.05) is 0 Å². The van der Waals surface area contributed by atoms with Crippen LogP contribution < -0.4 is 4.74 Å². The predicted molar refractivity (Wildman–Crippen MR) is 69.2 cm³/mol. The van der Waals surface area contributed by atoms with Crippen LogP contribution in [0.3, 0.4) is 0 Å². The first-order valence-corrected chi connectivity index (χ1v) is 6.33. The van der Waals surface area contributed by atoms with Gasteiger partial charge in [0.05, 0.1) is 17.6 Å². The van der Waals surface area contributed by atoms with E-state index in [0.29, 0.717) is 0 Å². The number of hydrogen-bond acceptors (Lipinski definition) is 4. The second kappa shape index (κ2) is 5.29. The molecule has 0 fully saturated rings. The number of rotatable bonds is 4. The molecule has 1 heterocycles. The highest BCUT2D eigenvalue weighted by molar-refractivity contribution is 7.15. The lowest BCUT2D eigenvalue weighted by atomic mass is 10.2. The second-order valence-electron chi connectivity index (χ2n) is 3.98. The van der Waals surface area contributed by atoms with Crippen molar-refractivity contribution >= 4 is 11.3 Å². The molecule has 0 spiro atoms. The van der Waals surface area contributed by atoms with Crippen LogP contribution >= 0.6 is 11.3 Å². The highest BCUT2D eigenvalue weighted by atomic mass is 32.1. The Bertz CT molecular complexity index is 476. The minimum atomic E-state index is 0.0478. The average Bonchev–Trinajstić information content (AvgIpc) is 2.78. The van der Waals surface area contributed by atoms with Crippen molar-refractivity contribution in [1.29, 1.82) is 0 Å². The highest BCUT2D eigenvalue weighted by Gasteiger charge is 2.04. The van der Waals surface area contributed by atoms with Gasteiger partial charge in [-0.2, -0.15) is 0 Å². The molecule has 0 aliphatic carbocycles. The van der Waals surface area contributed by atoms with E-state index in [4.69, 9.17) is 9.84 Å². The predicted octanol–water partition coefficient (Wildman–Crippen LogP) is 3.09. The first-order chi connectivity index (χ1) is 8.19. The molecule has 4 heteroatoms. The Kier molecular flexibility index (Phi) is 3.76. The lowest BCUT2D eigenvalue weighted by molar-refractivity contribution is 0.242. The summed E-state index contributed by atoms with van der Waals surface area (Å²) in [7, 11) is 0. The third-order valence-corrected chi connectivity index (χ3v) is 3.21. The number of nitrogens with zero attached hydrogens (tertiary/aromatic N) is 1. The van der Waals surface area contributed by atoms with Gasteiger partial charge in [0.1, 0.15) is 10.8 Å². The molecule has 0 atom stereocenters. The maximum atomic E-state index is 8.99. The lowest BCUT2D eigenvalue weighted by Gasteiger charge is -2.09. The molecule has 90 valence electrons. The molecule has 2 aromatic rings. The molecule has 3 nitrogen and oxygen atoms in total. The van der Waals surface area contributed by atoms with Crippen molar-refractivity contribution in [3.8, 4) is 16.3 Å². The van der Waals surface area contributed by atoms with Gasteiger partial charge in [-0.05, 0) is 38.1 Å². The molecule has 17 heavy (non-hydrogen) atoms. The molecule has 0 amide bonds. The maximum Gasteiger partial charge on any atom is 0.123 e. The van der Waals surface area contributed by atoms with Crippen molar-refractivity contribution in [3.05, 3.63) is 35.3 Å². The number of aliphatic hydroxyl groups is 1. The molecule has 0 aliphatic heterocycles. The number of hydrogen-bond donors (Lipinski definition) is 1. The fourth-order valence-electron chi connectivity index (χ4n) is 1.46. The molecule has 0 radical (unpaired) electrons. The fourth-order valence-corrected chi connectivity index (χ4v) is 2.24. The van der Waals surface area contributed by atoms with E-state index in [-0.39, 0.29) is 12.7 Å². The largest absolute Gasteiger partial charge is 0.491 e. The molecule has 2 rings (SSSR count). The quantitative estimate of drug-likeness (QED) is 0.905. The summed E-state index contributed by atoms with van der Waals surface area (Å²) in [5.74, 6) is 0.864. The number of benzene rings is 1. The molecule has 0 aliphatic rings. The third kappa shape index (κ3) is 3.05. The van der Waals surface area contributed by atoms with Gasteiger partial charge in [0, 0.05) is 11.8 Å². The van der Waals surface area contributed by atoms with Gasteiger partial charge >= 0.3 is 0 Å². The van der Waals surface area contributed by atoms with E-state index < -0.39 is 0 Å². The van der Waals surface area contributed by atoms with Crippen LogP contribution in [0, 0.1) is 0 Å². The van der Waals surface area contributed by atoms with Crippen LogP contribution in [-0.2, 0) is 6.61 Å². The fraction of sp³-hybridized carbons (Fsp3) is 0.308. The summed E-state index contributed by atoms with van der Waals surface area (Å²) in [5.41, 5.74) is 1.05. The van der Waals surface area contributed by atoms with Crippen molar-refractivity contribution < 1.29 is 9.84 Å². The smallest absolute Gasteiger partial charge is 0.123 e. The topological polar surface area (TPSA) is 42.4 Å². The van der Waals surface area contributed by atoms with E-state index in [2.05, 4.69) is 4.98 Å². The average molecular weight is 249 g/mol. The number of thiazole rings is 1. The molecular weight excluding hydrogens is 234 g/mol. The van der Waals surface area contributed by atoms with E-state index in [1.807, 2.05) is 38.1 Å². The Morgan fingerprint density at radius 1 is 1.29 bits per heavy atom. The Labute approximate surface area is 105 Å². The van der Waals surface area contributed by atoms with Crippen LogP contribution in [-0.4, -0.2) is 16.2 Å². The standard InChI is InChI=1S/C13H15NO2S/c1-9(2)16-11-5-3-10(4-6-11)13-14-7-12(8-15)17-13/h3-7,9,15H,8H2,1-2H3. The van der Waals surface area contributed by atoms with Gasteiger partial charge in [0.2, 0.25) is 0 Å². The summed E-state index contributed by atoms with van der Waals surface area (Å²) >= 11 is 1.50. The van der Waals surface area contributed by atoms with Gasteiger partial charge in [-0.15, -0.1) is 11.3 Å². The molecule has 1 aromatic heterocycles. The third-order valence-electron chi connectivity index (χ3n) is 2.18. The first-order valence-electron chi connectivity index (χ1n) is 5.51. The summed E-state index contributed by atoms with van der Waals surface area (Å²) in [6.45, 7) is 4.05. The van der Waals surface area contributed by atoms with Crippen molar-refractivity contribution in [1.82, 2.24) is 4.98 Å².